The summed E-state index contributed by atoms with van der Waals surface area (Å²) in [7, 11) is -7.04. The monoisotopic (exact) mass is 376 g/mol. The van der Waals surface area contributed by atoms with E-state index >= 15 is 0 Å². The molecule has 0 spiro atoms. The van der Waals surface area contributed by atoms with Crippen LogP contribution < -0.4 is 4.72 Å². The first-order valence-corrected chi connectivity index (χ1v) is 11.2. The molecule has 6 nitrogen and oxygen atoms in total. The van der Waals surface area contributed by atoms with Gasteiger partial charge in [0.1, 0.15) is 5.82 Å². The molecular weight excluding hydrogens is 355 g/mol. The number of aryl methyl sites for hydroxylation is 1. The third-order valence-corrected chi connectivity index (χ3v) is 7.84. The molecule has 2 bridgehead atoms. The second-order valence-corrected chi connectivity index (χ2v) is 10.2. The fourth-order valence-electron chi connectivity index (χ4n) is 3.97. The summed E-state index contributed by atoms with van der Waals surface area (Å²) in [6, 6.07) is 2.95. The minimum absolute atomic E-state index is 0.0572. The van der Waals surface area contributed by atoms with Gasteiger partial charge in [-0.1, -0.05) is 0 Å². The van der Waals surface area contributed by atoms with Gasteiger partial charge in [-0.15, -0.1) is 0 Å². The van der Waals surface area contributed by atoms with E-state index < -0.39 is 25.9 Å². The van der Waals surface area contributed by atoms with Crippen LogP contribution in [0.15, 0.2) is 23.1 Å². The number of rotatable bonds is 4. The van der Waals surface area contributed by atoms with E-state index in [1.54, 1.807) is 6.92 Å². The van der Waals surface area contributed by atoms with Gasteiger partial charge in [-0.2, -0.15) is 4.31 Å². The maximum absolute atomic E-state index is 13.2. The summed E-state index contributed by atoms with van der Waals surface area (Å²) in [5.41, 5.74) is 0.346. The van der Waals surface area contributed by atoms with Crippen LogP contribution in [0.25, 0.3) is 0 Å². The van der Waals surface area contributed by atoms with Crippen molar-refractivity contribution in [3.05, 3.63) is 29.6 Å². The second kappa shape index (κ2) is 6.05. The van der Waals surface area contributed by atoms with E-state index in [1.807, 2.05) is 0 Å². The molecule has 134 valence electrons. The molecular formula is C15H21FN2O4S2. The van der Waals surface area contributed by atoms with Crippen molar-refractivity contribution in [2.45, 2.75) is 55.6 Å². The molecule has 2 heterocycles. The van der Waals surface area contributed by atoms with Gasteiger partial charge >= 0.3 is 0 Å². The number of hydrogen-bond donors (Lipinski definition) is 1. The van der Waals surface area contributed by atoms with Crippen LogP contribution in [0, 0.1) is 12.7 Å². The highest BCUT2D eigenvalue weighted by Crippen LogP contribution is 2.38. The highest BCUT2D eigenvalue weighted by molar-refractivity contribution is 7.89. The predicted octanol–water partition coefficient (Wildman–Crippen LogP) is 1.37. The molecule has 2 atom stereocenters. The maximum atomic E-state index is 13.2. The molecule has 2 aliphatic rings. The molecule has 0 aliphatic carbocycles. The Morgan fingerprint density at radius 2 is 1.71 bits per heavy atom. The molecule has 1 aromatic carbocycles. The lowest BCUT2D eigenvalue weighted by Gasteiger charge is -2.37. The summed E-state index contributed by atoms with van der Waals surface area (Å²) in [6.07, 6.45) is 3.63. The molecule has 2 aliphatic heterocycles. The number of hydrogen-bond acceptors (Lipinski definition) is 4. The van der Waals surface area contributed by atoms with E-state index in [9.17, 15) is 21.2 Å². The Bertz CT molecular complexity index is 840. The van der Waals surface area contributed by atoms with Gasteiger partial charge in [-0.25, -0.2) is 25.9 Å². The summed E-state index contributed by atoms with van der Waals surface area (Å²) >= 11 is 0. The third-order valence-electron chi connectivity index (χ3n) is 4.80. The Balaban J connectivity index is 1.78. The van der Waals surface area contributed by atoms with Crippen molar-refractivity contribution in [2.75, 3.05) is 6.26 Å². The van der Waals surface area contributed by atoms with Crippen molar-refractivity contribution in [3.8, 4) is 0 Å². The highest BCUT2D eigenvalue weighted by Gasteiger charge is 2.46. The van der Waals surface area contributed by atoms with Gasteiger partial charge in [-0.3, -0.25) is 0 Å². The summed E-state index contributed by atoms with van der Waals surface area (Å²) in [5.74, 6) is -0.481. The number of nitrogens with zero attached hydrogens (tertiary/aromatic N) is 1. The van der Waals surface area contributed by atoms with Crippen LogP contribution in [-0.2, 0) is 20.0 Å². The van der Waals surface area contributed by atoms with Crippen LogP contribution >= 0.6 is 0 Å². The van der Waals surface area contributed by atoms with Crippen LogP contribution in [0.2, 0.25) is 0 Å². The molecule has 3 rings (SSSR count). The van der Waals surface area contributed by atoms with Crippen molar-refractivity contribution in [3.63, 3.8) is 0 Å². The number of nitrogens with one attached hydrogen (secondary N) is 1. The molecule has 0 radical (unpaired) electrons. The van der Waals surface area contributed by atoms with E-state index in [0.29, 0.717) is 18.4 Å². The summed E-state index contributed by atoms with van der Waals surface area (Å²) in [5, 5.41) is 0. The first-order chi connectivity index (χ1) is 11.1. The third kappa shape index (κ3) is 3.35. The predicted molar refractivity (Wildman–Crippen MR) is 88.0 cm³/mol. The fourth-order valence-corrected chi connectivity index (χ4v) is 6.92. The molecule has 9 heteroatoms. The fraction of sp³-hybridized carbons (Fsp3) is 0.600. The first-order valence-electron chi connectivity index (χ1n) is 7.85. The molecule has 2 saturated heterocycles. The van der Waals surface area contributed by atoms with E-state index in [2.05, 4.69) is 4.72 Å². The Labute approximate surface area is 142 Å². The lowest BCUT2D eigenvalue weighted by atomic mass is 10.0. The van der Waals surface area contributed by atoms with Gasteiger partial charge in [-0.05, 0) is 56.4 Å². The Morgan fingerprint density at radius 3 is 2.21 bits per heavy atom. The maximum Gasteiger partial charge on any atom is 0.241 e. The molecule has 2 fully saturated rings. The molecule has 0 amide bonds. The summed E-state index contributed by atoms with van der Waals surface area (Å²) < 4.78 is 66.3. The summed E-state index contributed by atoms with van der Waals surface area (Å²) in [4.78, 5) is 0.0572. The number of sulfonamides is 2. The van der Waals surface area contributed by atoms with Crippen molar-refractivity contribution in [2.24, 2.45) is 0 Å². The van der Waals surface area contributed by atoms with Gasteiger partial charge in [0.25, 0.3) is 0 Å². The van der Waals surface area contributed by atoms with Crippen molar-refractivity contribution >= 4 is 20.0 Å². The van der Waals surface area contributed by atoms with Gasteiger partial charge in [0.15, 0.2) is 0 Å². The molecule has 24 heavy (non-hydrogen) atoms. The number of benzene rings is 1. The lowest BCUT2D eigenvalue weighted by molar-refractivity contribution is 0.221. The normalized spacial score (nSPS) is 28.2. The van der Waals surface area contributed by atoms with Crippen molar-refractivity contribution < 1.29 is 21.2 Å². The smallest absolute Gasteiger partial charge is 0.212 e. The quantitative estimate of drug-likeness (QED) is 0.860. The van der Waals surface area contributed by atoms with Crippen LogP contribution in [0.1, 0.15) is 31.2 Å². The minimum atomic E-state index is -3.76. The zero-order valence-electron chi connectivity index (χ0n) is 13.6. The molecule has 0 aromatic heterocycles. The van der Waals surface area contributed by atoms with E-state index in [0.717, 1.165) is 18.9 Å². The second-order valence-electron chi connectivity index (χ2n) is 6.68. The molecule has 0 saturated carbocycles. The first kappa shape index (κ1) is 17.8. The average molecular weight is 376 g/mol. The van der Waals surface area contributed by atoms with Crippen molar-refractivity contribution in [1.82, 2.24) is 9.03 Å². The zero-order chi connectivity index (χ0) is 17.7. The van der Waals surface area contributed by atoms with E-state index in [4.69, 9.17) is 0 Å². The number of halogens is 1. The van der Waals surface area contributed by atoms with Gasteiger partial charge in [0, 0.05) is 18.1 Å². The highest BCUT2D eigenvalue weighted by atomic mass is 32.2. The molecule has 2 unspecified atom stereocenters. The van der Waals surface area contributed by atoms with Crippen molar-refractivity contribution in [1.29, 1.82) is 0 Å². The van der Waals surface area contributed by atoms with Gasteiger partial charge in [0.05, 0.1) is 11.2 Å². The van der Waals surface area contributed by atoms with Crippen LogP contribution in [0.5, 0.6) is 0 Å². The van der Waals surface area contributed by atoms with Gasteiger partial charge in [0.2, 0.25) is 20.0 Å². The van der Waals surface area contributed by atoms with Crippen LogP contribution in [-0.4, -0.2) is 45.5 Å². The summed E-state index contributed by atoms with van der Waals surface area (Å²) in [6.45, 7) is 1.55. The minimum Gasteiger partial charge on any atom is -0.212 e. The Hall–Kier alpha value is -1.03. The van der Waals surface area contributed by atoms with Gasteiger partial charge < -0.3 is 0 Å². The SMILES string of the molecule is Cc1cc(F)ccc1S(=O)(=O)NC1CC2CCC(C1)N2S(C)(=O)=O. The molecule has 1 N–H and O–H groups in total. The largest absolute Gasteiger partial charge is 0.241 e. The van der Waals surface area contributed by atoms with E-state index in [-0.39, 0.29) is 23.0 Å². The standard InChI is InChI=1S/C15H21FN2O4S2/c1-10-7-11(16)3-6-15(10)24(21,22)17-12-8-13-4-5-14(9-12)18(13)23(2,19)20/h3,6-7,12-14,17H,4-5,8-9H2,1-2H3. The Morgan fingerprint density at radius 1 is 1.12 bits per heavy atom. The number of fused-ring (bicyclic) bond motifs is 2. The topological polar surface area (TPSA) is 83.6 Å². The Kier molecular flexibility index (Phi) is 4.48. The van der Waals surface area contributed by atoms with Crippen LogP contribution in [0.4, 0.5) is 4.39 Å². The average Bonchev–Trinajstić information content (AvgIpc) is 2.70. The lowest BCUT2D eigenvalue weighted by Crippen LogP contribution is -2.52. The number of piperidine rings is 1. The van der Waals surface area contributed by atoms with E-state index in [1.165, 1.54) is 22.7 Å². The zero-order valence-corrected chi connectivity index (χ0v) is 15.2. The molecule has 1 aromatic rings. The van der Waals surface area contributed by atoms with Crippen LogP contribution in [0.3, 0.4) is 0 Å².